The maximum atomic E-state index is 5.83. The van der Waals surface area contributed by atoms with E-state index in [0.717, 1.165) is 11.6 Å². The van der Waals surface area contributed by atoms with Crippen molar-refractivity contribution in [3.63, 3.8) is 0 Å². The molecule has 1 aromatic rings. The molecular formula is C13H21N3. The Kier molecular flexibility index (Phi) is 3.65. The molecule has 16 heavy (non-hydrogen) atoms. The number of hydrogen-bond acceptors (Lipinski definition) is 3. The third-order valence-electron chi connectivity index (χ3n) is 3.46. The summed E-state index contributed by atoms with van der Waals surface area (Å²) in [4.78, 5) is 4.10. The molecule has 2 atom stereocenters. The van der Waals surface area contributed by atoms with Crippen molar-refractivity contribution in [2.45, 2.75) is 45.1 Å². The molecule has 1 fully saturated rings. The van der Waals surface area contributed by atoms with Gasteiger partial charge in [0, 0.05) is 12.2 Å². The largest absolute Gasteiger partial charge is 0.382 e. The monoisotopic (exact) mass is 219 g/mol. The third-order valence-corrected chi connectivity index (χ3v) is 3.46. The van der Waals surface area contributed by atoms with E-state index in [1.807, 2.05) is 12.1 Å². The summed E-state index contributed by atoms with van der Waals surface area (Å²) in [5.74, 6) is 1.48. The number of hydrogen-bond donors (Lipinski definition) is 2. The van der Waals surface area contributed by atoms with Gasteiger partial charge >= 0.3 is 0 Å². The summed E-state index contributed by atoms with van der Waals surface area (Å²) in [7, 11) is 0. The quantitative estimate of drug-likeness (QED) is 0.752. The Balaban J connectivity index is 1.96. The van der Waals surface area contributed by atoms with Crippen molar-refractivity contribution < 1.29 is 0 Å². The molecule has 0 spiro atoms. The number of nitrogen functional groups attached to an aromatic ring is 1. The number of rotatable bonds is 2. The van der Waals surface area contributed by atoms with Gasteiger partial charge in [-0.3, -0.25) is 0 Å². The van der Waals surface area contributed by atoms with Gasteiger partial charge in [0.2, 0.25) is 0 Å². The number of aromatic nitrogens is 1. The smallest absolute Gasteiger partial charge is 0.146 e. The Morgan fingerprint density at radius 1 is 1.31 bits per heavy atom. The molecule has 1 saturated carbocycles. The van der Waals surface area contributed by atoms with Crippen LogP contribution in [0.1, 0.15) is 39.0 Å². The van der Waals surface area contributed by atoms with Crippen LogP contribution in [0.2, 0.25) is 0 Å². The van der Waals surface area contributed by atoms with Crippen LogP contribution in [0.15, 0.2) is 18.3 Å². The zero-order chi connectivity index (χ0) is 11.4. The summed E-state index contributed by atoms with van der Waals surface area (Å²) in [6.45, 7) is 2.35. The number of nitrogens with two attached hydrogens (primary N) is 1. The first-order valence-corrected chi connectivity index (χ1v) is 6.22. The highest BCUT2D eigenvalue weighted by Crippen LogP contribution is 2.26. The summed E-state index contributed by atoms with van der Waals surface area (Å²) >= 11 is 0. The van der Waals surface area contributed by atoms with Crippen LogP contribution in [0.5, 0.6) is 0 Å². The first kappa shape index (κ1) is 11.2. The Morgan fingerprint density at radius 2 is 2.19 bits per heavy atom. The van der Waals surface area contributed by atoms with Gasteiger partial charge in [0.05, 0.1) is 5.69 Å². The third kappa shape index (κ3) is 2.87. The van der Waals surface area contributed by atoms with E-state index in [4.69, 9.17) is 5.73 Å². The van der Waals surface area contributed by atoms with Crippen LogP contribution in [0.4, 0.5) is 11.5 Å². The van der Waals surface area contributed by atoms with Gasteiger partial charge in [-0.05, 0) is 37.3 Å². The van der Waals surface area contributed by atoms with E-state index in [-0.39, 0.29) is 0 Å². The van der Waals surface area contributed by atoms with Crippen molar-refractivity contribution in [1.29, 1.82) is 0 Å². The topological polar surface area (TPSA) is 50.9 Å². The van der Waals surface area contributed by atoms with E-state index in [1.165, 1.54) is 32.1 Å². The predicted octanol–water partition coefficient (Wildman–Crippen LogP) is 3.04. The van der Waals surface area contributed by atoms with Gasteiger partial charge in [-0.15, -0.1) is 0 Å². The molecule has 0 aromatic carbocycles. The average Bonchev–Trinajstić information content (AvgIpc) is 2.47. The fraction of sp³-hybridized carbons (Fsp3) is 0.615. The van der Waals surface area contributed by atoms with Crippen LogP contribution in [0.3, 0.4) is 0 Å². The van der Waals surface area contributed by atoms with E-state index in [0.29, 0.717) is 11.9 Å². The number of nitrogens with zero attached hydrogens (tertiary/aromatic N) is 1. The standard InChI is InChI=1S/C13H21N3/c1-10-4-2-5-11(8-7-10)16-12-6-3-9-15-13(12)14/h3,6,9-11,16H,2,4-5,7-8H2,1H3,(H2,14,15). The number of nitrogens with one attached hydrogen (secondary N) is 1. The number of anilines is 2. The highest BCUT2D eigenvalue weighted by molar-refractivity contribution is 5.61. The molecule has 1 aromatic heterocycles. The molecule has 1 aliphatic rings. The molecule has 0 bridgehead atoms. The van der Waals surface area contributed by atoms with E-state index < -0.39 is 0 Å². The van der Waals surface area contributed by atoms with Gasteiger partial charge in [-0.2, -0.15) is 0 Å². The first-order chi connectivity index (χ1) is 7.75. The molecule has 0 saturated heterocycles. The van der Waals surface area contributed by atoms with E-state index in [1.54, 1.807) is 6.20 Å². The Labute approximate surface area is 97.5 Å². The normalized spacial score (nSPS) is 26.1. The SMILES string of the molecule is CC1CCCC(Nc2cccnc2N)CC1. The molecule has 0 aliphatic heterocycles. The minimum absolute atomic E-state index is 0.566. The second-order valence-corrected chi connectivity index (χ2v) is 4.89. The highest BCUT2D eigenvalue weighted by atomic mass is 15.0. The zero-order valence-corrected chi connectivity index (χ0v) is 9.95. The van der Waals surface area contributed by atoms with E-state index >= 15 is 0 Å². The van der Waals surface area contributed by atoms with Crippen molar-refractivity contribution in [1.82, 2.24) is 4.98 Å². The van der Waals surface area contributed by atoms with Crippen molar-refractivity contribution in [2.75, 3.05) is 11.1 Å². The summed E-state index contributed by atoms with van der Waals surface area (Å²) in [6.07, 6.45) is 8.22. The number of pyridine rings is 1. The lowest BCUT2D eigenvalue weighted by molar-refractivity contribution is 0.502. The van der Waals surface area contributed by atoms with Gasteiger partial charge in [-0.1, -0.05) is 19.8 Å². The summed E-state index contributed by atoms with van der Waals surface area (Å²) < 4.78 is 0. The Hall–Kier alpha value is -1.25. The Morgan fingerprint density at radius 3 is 3.00 bits per heavy atom. The fourth-order valence-electron chi connectivity index (χ4n) is 2.39. The molecule has 1 aliphatic carbocycles. The average molecular weight is 219 g/mol. The molecular weight excluding hydrogens is 198 g/mol. The maximum absolute atomic E-state index is 5.83. The summed E-state index contributed by atoms with van der Waals surface area (Å²) in [5, 5.41) is 3.52. The molecule has 0 radical (unpaired) electrons. The molecule has 3 nitrogen and oxygen atoms in total. The molecule has 3 heteroatoms. The molecule has 2 rings (SSSR count). The first-order valence-electron chi connectivity index (χ1n) is 6.22. The lowest BCUT2D eigenvalue weighted by Gasteiger charge is -2.18. The zero-order valence-electron chi connectivity index (χ0n) is 9.95. The van der Waals surface area contributed by atoms with Crippen LogP contribution in [0, 0.1) is 5.92 Å². The van der Waals surface area contributed by atoms with Crippen LogP contribution in [0.25, 0.3) is 0 Å². The van der Waals surface area contributed by atoms with Gasteiger partial charge in [0.25, 0.3) is 0 Å². The fourth-order valence-corrected chi connectivity index (χ4v) is 2.39. The molecule has 0 amide bonds. The Bertz CT molecular complexity index is 338. The summed E-state index contributed by atoms with van der Waals surface area (Å²) in [5.41, 5.74) is 6.82. The van der Waals surface area contributed by atoms with Gasteiger partial charge in [-0.25, -0.2) is 4.98 Å². The lowest BCUT2D eigenvalue weighted by atomic mass is 10.0. The van der Waals surface area contributed by atoms with Crippen LogP contribution < -0.4 is 11.1 Å². The predicted molar refractivity (Wildman–Crippen MR) is 68.3 cm³/mol. The minimum Gasteiger partial charge on any atom is -0.382 e. The highest BCUT2D eigenvalue weighted by Gasteiger charge is 2.16. The van der Waals surface area contributed by atoms with Crippen molar-refractivity contribution in [3.8, 4) is 0 Å². The van der Waals surface area contributed by atoms with Crippen LogP contribution in [-0.4, -0.2) is 11.0 Å². The van der Waals surface area contributed by atoms with E-state index in [9.17, 15) is 0 Å². The van der Waals surface area contributed by atoms with E-state index in [2.05, 4.69) is 17.2 Å². The second kappa shape index (κ2) is 5.19. The van der Waals surface area contributed by atoms with Crippen molar-refractivity contribution in [2.24, 2.45) is 5.92 Å². The molecule has 2 unspecified atom stereocenters. The lowest BCUT2D eigenvalue weighted by Crippen LogP contribution is -2.19. The van der Waals surface area contributed by atoms with Crippen LogP contribution >= 0.6 is 0 Å². The van der Waals surface area contributed by atoms with Gasteiger partial charge in [0.15, 0.2) is 0 Å². The maximum Gasteiger partial charge on any atom is 0.146 e. The molecule has 88 valence electrons. The van der Waals surface area contributed by atoms with Crippen molar-refractivity contribution in [3.05, 3.63) is 18.3 Å². The minimum atomic E-state index is 0.566. The van der Waals surface area contributed by atoms with Gasteiger partial charge < -0.3 is 11.1 Å². The second-order valence-electron chi connectivity index (χ2n) is 4.89. The van der Waals surface area contributed by atoms with Crippen LogP contribution in [-0.2, 0) is 0 Å². The molecule has 1 heterocycles. The van der Waals surface area contributed by atoms with Crippen molar-refractivity contribution >= 4 is 11.5 Å². The molecule has 3 N–H and O–H groups in total. The van der Waals surface area contributed by atoms with Gasteiger partial charge in [0.1, 0.15) is 5.82 Å². The summed E-state index contributed by atoms with van der Waals surface area (Å²) in [6, 6.07) is 4.51.